The number of allylic oxidation sites excluding steroid dienone is 1. The molecule has 1 aliphatic heterocycles. The first-order valence-electron chi connectivity index (χ1n) is 27.7. The highest BCUT2D eigenvalue weighted by molar-refractivity contribution is 8.76. The minimum absolute atomic E-state index is 0. The Balaban J connectivity index is -0.0000000940. The Hall–Kier alpha value is -2.15. The maximum Gasteiger partial charge on any atom is 0.157 e. The Morgan fingerprint density at radius 2 is 1.13 bits per heavy atom. The van der Waals surface area contributed by atoms with E-state index in [0.29, 0.717) is 39.6 Å². The number of nitrogens with zero attached hydrogens (tertiary/aromatic N) is 1. The molecule has 0 bridgehead atoms. The molecule has 1 saturated heterocycles. The van der Waals surface area contributed by atoms with Gasteiger partial charge in [0.1, 0.15) is 5.03 Å². The van der Waals surface area contributed by atoms with E-state index in [9.17, 15) is 0 Å². The number of aliphatic hydroxyl groups is 10. The molecule has 1 unspecified atom stereocenters. The highest BCUT2D eigenvalue weighted by Gasteiger charge is 2.12. The third kappa shape index (κ3) is 108. The molecule has 1 aromatic carbocycles. The summed E-state index contributed by atoms with van der Waals surface area (Å²) in [4.78, 5) is 4.11. The van der Waals surface area contributed by atoms with Crippen LogP contribution in [0.25, 0.3) is 0 Å². The van der Waals surface area contributed by atoms with E-state index in [2.05, 4.69) is 52.1 Å². The number of benzene rings is 1. The predicted molar refractivity (Wildman–Crippen MR) is 328 cm³/mol. The number of terminal acetylenes is 1. The Morgan fingerprint density at radius 3 is 1.42 bits per heavy atom. The molecule has 0 radical (unpaired) electrons. The Kier molecular flexibility index (Phi) is 121. The monoisotopic (exact) mass is 1130 g/mol. The standard InChI is InChI=1S/C9H12O.C7H9NOS2.C7H14O3.C6H12O.C5H12O2.3C4H10O.C4H8.C4H6.C3H8O.C2H6O.CH4/c1-2-8-3-5-9(7-10)6-4-8;9-5-6-10-11-7-3-1-2-4-8-7;8-4-6-10-7-3-1-2-5-9-7;7-6-4-2-1-3-5-6;1-2-4-7-5-3-6;3*1-2-3-4-5;2*1-3-4-2;1-2-3-4;1-2-3;/h3-6,10H,2,7H2,1H3;1-4,9H,5-6H2;7-8H,1-6H2;6-7H,1-5H2;6H,2-5H2,1H3;3*5H,2-4H2,1H3;3H,1,4H2,2H3;1H,4H2,2H3;4H,2-3H2,1H3;3H,2H2,1H3;1H4. The quantitative estimate of drug-likeness (QED) is 0.0242. The smallest absolute Gasteiger partial charge is 0.157 e. The molecule has 0 spiro atoms. The molecule has 14 nitrogen and oxygen atoms in total. The second kappa shape index (κ2) is 98.3. The van der Waals surface area contributed by atoms with E-state index in [1.807, 2.05) is 69.3 Å². The molecule has 1 aliphatic carbocycles. The molecule has 76 heavy (non-hydrogen) atoms. The lowest BCUT2D eigenvalue weighted by Crippen LogP contribution is -2.23. The van der Waals surface area contributed by atoms with Crippen LogP contribution in [0.1, 0.15) is 196 Å². The number of aromatic nitrogens is 1. The van der Waals surface area contributed by atoms with Crippen LogP contribution in [0.3, 0.4) is 0 Å². The molecule has 1 saturated carbocycles. The zero-order valence-corrected chi connectivity index (χ0v) is 50.6. The molecule has 2 heterocycles. The Bertz CT molecular complexity index is 1160. The number of aryl methyl sites for hydroxylation is 1. The van der Waals surface area contributed by atoms with E-state index in [1.165, 1.54) is 31.2 Å². The summed E-state index contributed by atoms with van der Waals surface area (Å²) in [7, 11) is 3.20. The molecule has 2 fully saturated rings. The minimum Gasteiger partial charge on any atom is -0.397 e. The average molecular weight is 1130 g/mol. The molecule has 16 heteroatoms. The third-order valence-electron chi connectivity index (χ3n) is 8.51. The van der Waals surface area contributed by atoms with Gasteiger partial charge in [0, 0.05) is 64.6 Å². The summed E-state index contributed by atoms with van der Waals surface area (Å²) in [5.41, 5.74) is 2.30. The lowest BCUT2D eigenvalue weighted by molar-refractivity contribution is -0.166. The summed E-state index contributed by atoms with van der Waals surface area (Å²) in [5, 5.41) is 83.3. The van der Waals surface area contributed by atoms with Crippen LogP contribution < -0.4 is 0 Å². The van der Waals surface area contributed by atoms with Crippen molar-refractivity contribution in [1.82, 2.24) is 4.98 Å². The molecule has 1 atom stereocenters. The zero-order chi connectivity index (χ0) is 58.5. The first-order valence-corrected chi connectivity index (χ1v) is 30.1. The van der Waals surface area contributed by atoms with Gasteiger partial charge in [-0.15, -0.1) is 18.9 Å². The van der Waals surface area contributed by atoms with Gasteiger partial charge in [0.15, 0.2) is 6.29 Å². The number of rotatable bonds is 21. The van der Waals surface area contributed by atoms with Crippen molar-refractivity contribution in [3.8, 4) is 12.3 Å². The largest absolute Gasteiger partial charge is 0.397 e. The molecule has 0 amide bonds. The van der Waals surface area contributed by atoms with Crippen molar-refractivity contribution in [2.45, 2.75) is 216 Å². The summed E-state index contributed by atoms with van der Waals surface area (Å²) >= 11 is 0. The summed E-state index contributed by atoms with van der Waals surface area (Å²) < 4.78 is 15.3. The average Bonchev–Trinajstić information content (AvgIpc) is 3.46. The van der Waals surface area contributed by atoms with Gasteiger partial charge in [0.25, 0.3) is 0 Å². The predicted octanol–water partition coefficient (Wildman–Crippen LogP) is 11.8. The van der Waals surface area contributed by atoms with Crippen LogP contribution in [0, 0.1) is 12.3 Å². The van der Waals surface area contributed by atoms with Gasteiger partial charge >= 0.3 is 0 Å². The van der Waals surface area contributed by atoms with Crippen molar-refractivity contribution in [1.29, 1.82) is 0 Å². The fraction of sp³-hybridized carbons (Fsp3) is 0.750. The lowest BCUT2D eigenvalue weighted by atomic mass is 9.98. The highest BCUT2D eigenvalue weighted by Crippen LogP contribution is 2.28. The topological polar surface area (TPSA) is 243 Å². The maximum atomic E-state index is 8.91. The zero-order valence-electron chi connectivity index (χ0n) is 48.9. The van der Waals surface area contributed by atoms with Gasteiger partial charge in [-0.3, -0.25) is 0 Å². The number of aliphatic hydroxyl groups excluding tert-OH is 10. The minimum atomic E-state index is -0.0547. The van der Waals surface area contributed by atoms with Crippen LogP contribution in [0.5, 0.6) is 0 Å². The first kappa shape index (κ1) is 93.2. The van der Waals surface area contributed by atoms with E-state index in [4.69, 9.17) is 71.7 Å². The van der Waals surface area contributed by atoms with E-state index >= 15 is 0 Å². The molecule has 2 aliphatic rings. The van der Waals surface area contributed by atoms with Crippen molar-refractivity contribution in [3.63, 3.8) is 0 Å². The van der Waals surface area contributed by atoms with Gasteiger partial charge in [0.2, 0.25) is 0 Å². The van der Waals surface area contributed by atoms with Crippen molar-refractivity contribution < 1.29 is 65.3 Å². The first-order chi connectivity index (χ1) is 36.4. The van der Waals surface area contributed by atoms with Gasteiger partial charge in [-0.1, -0.05) is 149 Å². The van der Waals surface area contributed by atoms with Crippen LogP contribution in [-0.2, 0) is 27.2 Å². The van der Waals surface area contributed by atoms with Crippen LogP contribution in [0.15, 0.2) is 66.3 Å². The van der Waals surface area contributed by atoms with E-state index < -0.39 is 0 Å². The summed E-state index contributed by atoms with van der Waals surface area (Å²) in [6.45, 7) is 26.0. The molecule has 2 aromatic rings. The summed E-state index contributed by atoms with van der Waals surface area (Å²) in [6.07, 6.45) is 28.6. The van der Waals surface area contributed by atoms with E-state index in [1.54, 1.807) is 34.7 Å². The Morgan fingerprint density at radius 1 is 0.645 bits per heavy atom. The fourth-order valence-electron chi connectivity index (χ4n) is 4.31. The van der Waals surface area contributed by atoms with Crippen LogP contribution in [0.2, 0.25) is 0 Å². The van der Waals surface area contributed by atoms with Gasteiger partial charge < -0.3 is 65.3 Å². The summed E-state index contributed by atoms with van der Waals surface area (Å²) in [6, 6.07) is 13.8. The number of unbranched alkanes of at least 4 members (excludes halogenated alkanes) is 3. The molecule has 10 N–H and O–H groups in total. The van der Waals surface area contributed by atoms with Crippen LogP contribution in [0.4, 0.5) is 0 Å². The number of ether oxygens (including phenoxy) is 3. The number of hydrogen-bond acceptors (Lipinski definition) is 16. The van der Waals surface area contributed by atoms with Crippen LogP contribution in [-0.4, -0.2) is 153 Å². The normalized spacial score (nSPS) is 12.3. The van der Waals surface area contributed by atoms with Gasteiger partial charge in [0.05, 0.1) is 45.7 Å². The second-order valence-corrected chi connectivity index (χ2v) is 18.1. The Labute approximate surface area is 475 Å². The van der Waals surface area contributed by atoms with Crippen molar-refractivity contribution in [2.24, 2.45) is 0 Å². The van der Waals surface area contributed by atoms with E-state index in [0.717, 1.165) is 126 Å². The molecule has 4 rings (SSSR count). The van der Waals surface area contributed by atoms with Gasteiger partial charge in [-0.05, 0) is 118 Å². The number of hydrogen-bond donors (Lipinski definition) is 10. The van der Waals surface area contributed by atoms with Crippen molar-refractivity contribution in [3.05, 3.63) is 72.4 Å². The third-order valence-corrected chi connectivity index (χ3v) is 10.8. The fourth-order valence-corrected chi connectivity index (χ4v) is 5.96. The van der Waals surface area contributed by atoms with Crippen LogP contribution >= 0.6 is 21.6 Å². The van der Waals surface area contributed by atoms with Gasteiger partial charge in [-0.2, -0.15) is 0 Å². The SMILES string of the molecule is C.C#CCC.C=CCC.CCCCO.CCCCO.CCCCO.CCCO.CCCOCCO.CCO.CCc1ccc(CO)cc1.OC1CCCCC1.OCCOC1CCCCO1.OCCSSc1ccccn1. The van der Waals surface area contributed by atoms with Crippen molar-refractivity contribution in [2.75, 3.05) is 85.0 Å². The molecular formula is C60H121NO13S2. The molecule has 456 valence electrons. The van der Waals surface area contributed by atoms with Crippen molar-refractivity contribution >= 4 is 21.6 Å². The van der Waals surface area contributed by atoms with E-state index in [-0.39, 0.29) is 52.9 Å². The molecule has 1 aromatic heterocycles. The summed E-state index contributed by atoms with van der Waals surface area (Å²) in [5.74, 6) is 3.18. The number of pyridine rings is 1. The lowest BCUT2D eigenvalue weighted by Gasteiger charge is -2.22. The molecular weight excluding hydrogens is 1010 g/mol. The maximum absolute atomic E-state index is 8.91. The van der Waals surface area contributed by atoms with Gasteiger partial charge in [-0.25, -0.2) is 4.98 Å². The second-order valence-electron chi connectivity index (χ2n) is 15.7. The highest BCUT2D eigenvalue weighted by atomic mass is 33.1.